The lowest BCUT2D eigenvalue weighted by Crippen LogP contribution is -2.20. The minimum atomic E-state index is -0.375. The Morgan fingerprint density at radius 1 is 0.960 bits per heavy atom. The third-order valence-corrected chi connectivity index (χ3v) is 3.73. The van der Waals surface area contributed by atoms with Crippen molar-refractivity contribution in [3.63, 3.8) is 0 Å². The van der Waals surface area contributed by atoms with Gasteiger partial charge in [0.25, 0.3) is 5.91 Å². The van der Waals surface area contributed by atoms with Crippen LogP contribution in [0.25, 0.3) is 0 Å². The second-order valence-electron chi connectivity index (χ2n) is 4.83. The van der Waals surface area contributed by atoms with Crippen LogP contribution in [-0.2, 0) is 4.79 Å². The van der Waals surface area contributed by atoms with E-state index in [4.69, 9.17) is 42.1 Å². The second-order valence-corrected chi connectivity index (χ2v) is 5.67. The van der Waals surface area contributed by atoms with Crippen LogP contribution in [-0.4, -0.2) is 33.8 Å². The van der Waals surface area contributed by atoms with E-state index in [1.54, 1.807) is 24.3 Å². The molecule has 6 nitrogen and oxygen atoms in total. The minimum absolute atomic E-state index is 0.224. The van der Waals surface area contributed by atoms with E-state index in [1.165, 1.54) is 27.4 Å². The number of halogens is 2. The SMILES string of the molecule is COc1cc(NC(=O)COc2ccc(Cl)cc2Cl)cc(OC)c1OC. The number of carbonyl (C=O) groups is 1. The predicted molar refractivity (Wildman–Crippen MR) is 96.7 cm³/mol. The molecule has 0 atom stereocenters. The van der Waals surface area contributed by atoms with Crippen molar-refractivity contribution >= 4 is 34.8 Å². The largest absolute Gasteiger partial charge is 0.493 e. The number of methoxy groups -OCH3 is 3. The first kappa shape index (κ1) is 19.0. The van der Waals surface area contributed by atoms with Crippen molar-refractivity contribution in [1.82, 2.24) is 0 Å². The fraction of sp³-hybridized carbons (Fsp3) is 0.235. The van der Waals surface area contributed by atoms with Crippen LogP contribution in [0.1, 0.15) is 0 Å². The van der Waals surface area contributed by atoms with Crippen molar-refractivity contribution in [3.8, 4) is 23.0 Å². The molecule has 134 valence electrons. The molecule has 0 saturated heterocycles. The van der Waals surface area contributed by atoms with Crippen LogP contribution in [0.3, 0.4) is 0 Å². The zero-order valence-corrected chi connectivity index (χ0v) is 15.4. The van der Waals surface area contributed by atoms with E-state index in [2.05, 4.69) is 5.32 Å². The summed E-state index contributed by atoms with van der Waals surface area (Å²) in [4.78, 5) is 12.1. The highest BCUT2D eigenvalue weighted by atomic mass is 35.5. The van der Waals surface area contributed by atoms with Gasteiger partial charge in [-0.15, -0.1) is 0 Å². The number of hydrogen-bond donors (Lipinski definition) is 1. The van der Waals surface area contributed by atoms with Crippen LogP contribution >= 0.6 is 23.2 Å². The van der Waals surface area contributed by atoms with Crippen LogP contribution in [0, 0.1) is 0 Å². The molecule has 0 bridgehead atoms. The molecule has 2 aromatic rings. The standard InChI is InChI=1S/C17H17Cl2NO5/c1-22-14-7-11(8-15(23-2)17(14)24-3)20-16(21)9-25-13-5-4-10(18)6-12(13)19/h4-8H,9H2,1-3H3,(H,20,21). The minimum Gasteiger partial charge on any atom is -0.493 e. The zero-order valence-electron chi connectivity index (χ0n) is 13.9. The van der Waals surface area contributed by atoms with Gasteiger partial charge < -0.3 is 24.3 Å². The molecule has 0 heterocycles. The fourth-order valence-corrected chi connectivity index (χ4v) is 2.55. The maximum Gasteiger partial charge on any atom is 0.262 e. The Bertz CT molecular complexity index is 742. The van der Waals surface area contributed by atoms with E-state index in [0.29, 0.717) is 38.7 Å². The summed E-state index contributed by atoms with van der Waals surface area (Å²) in [6.45, 7) is -0.224. The molecular weight excluding hydrogens is 369 g/mol. The highest BCUT2D eigenvalue weighted by molar-refractivity contribution is 6.35. The number of carbonyl (C=O) groups excluding carboxylic acids is 1. The molecule has 25 heavy (non-hydrogen) atoms. The number of ether oxygens (including phenoxy) is 4. The highest BCUT2D eigenvalue weighted by Crippen LogP contribution is 2.39. The molecule has 0 radical (unpaired) electrons. The number of nitrogens with one attached hydrogen (secondary N) is 1. The van der Waals surface area contributed by atoms with Crippen LogP contribution in [0.15, 0.2) is 30.3 Å². The molecule has 0 aliphatic rings. The quantitative estimate of drug-likeness (QED) is 0.778. The Kier molecular flexibility index (Phi) is 6.61. The molecule has 0 spiro atoms. The first-order chi connectivity index (χ1) is 12.0. The van der Waals surface area contributed by atoms with E-state index in [0.717, 1.165) is 0 Å². The normalized spacial score (nSPS) is 10.1. The van der Waals surface area contributed by atoms with Gasteiger partial charge in [-0.2, -0.15) is 0 Å². The summed E-state index contributed by atoms with van der Waals surface area (Å²) in [6.07, 6.45) is 0. The summed E-state index contributed by atoms with van der Waals surface area (Å²) in [6, 6.07) is 8.00. The zero-order chi connectivity index (χ0) is 18.4. The highest BCUT2D eigenvalue weighted by Gasteiger charge is 2.15. The van der Waals surface area contributed by atoms with Gasteiger partial charge >= 0.3 is 0 Å². The van der Waals surface area contributed by atoms with Gasteiger partial charge in [0.1, 0.15) is 5.75 Å². The average molecular weight is 386 g/mol. The molecule has 0 aromatic heterocycles. The van der Waals surface area contributed by atoms with Crippen molar-refractivity contribution in [2.45, 2.75) is 0 Å². The summed E-state index contributed by atoms with van der Waals surface area (Å²) in [5.74, 6) is 1.29. The number of amides is 1. The van der Waals surface area contributed by atoms with Crippen molar-refractivity contribution in [1.29, 1.82) is 0 Å². The fourth-order valence-electron chi connectivity index (χ4n) is 2.09. The monoisotopic (exact) mass is 385 g/mol. The average Bonchev–Trinajstić information content (AvgIpc) is 2.60. The summed E-state index contributed by atoms with van der Waals surface area (Å²) in [5.41, 5.74) is 0.477. The van der Waals surface area contributed by atoms with Crippen LogP contribution in [0.4, 0.5) is 5.69 Å². The third-order valence-electron chi connectivity index (χ3n) is 3.20. The van der Waals surface area contributed by atoms with Crippen molar-refractivity contribution in [3.05, 3.63) is 40.4 Å². The van der Waals surface area contributed by atoms with Crippen molar-refractivity contribution in [2.24, 2.45) is 0 Å². The van der Waals surface area contributed by atoms with E-state index in [-0.39, 0.29) is 12.5 Å². The van der Waals surface area contributed by atoms with Gasteiger partial charge in [-0.25, -0.2) is 0 Å². The molecule has 2 rings (SSSR count). The summed E-state index contributed by atoms with van der Waals surface area (Å²) in [7, 11) is 4.49. The summed E-state index contributed by atoms with van der Waals surface area (Å²) < 4.78 is 21.1. The summed E-state index contributed by atoms with van der Waals surface area (Å²) in [5, 5.41) is 3.51. The van der Waals surface area contributed by atoms with Gasteiger partial charge in [-0.3, -0.25) is 4.79 Å². The van der Waals surface area contributed by atoms with E-state index in [1.807, 2.05) is 0 Å². The lowest BCUT2D eigenvalue weighted by atomic mass is 10.2. The van der Waals surface area contributed by atoms with Crippen LogP contribution in [0.5, 0.6) is 23.0 Å². The Hall–Kier alpha value is -2.31. The number of rotatable bonds is 7. The van der Waals surface area contributed by atoms with Gasteiger partial charge in [0.2, 0.25) is 5.75 Å². The topological polar surface area (TPSA) is 66.0 Å². The number of benzene rings is 2. The van der Waals surface area contributed by atoms with Gasteiger partial charge in [0.05, 0.1) is 26.4 Å². The molecular formula is C17H17Cl2NO5. The molecule has 0 saturated carbocycles. The molecule has 0 unspecified atom stereocenters. The molecule has 0 aliphatic carbocycles. The molecule has 2 aromatic carbocycles. The maximum atomic E-state index is 12.1. The number of hydrogen-bond acceptors (Lipinski definition) is 5. The Labute approximate surface area is 155 Å². The first-order valence-corrected chi connectivity index (χ1v) is 7.91. The number of anilines is 1. The molecule has 8 heteroatoms. The lowest BCUT2D eigenvalue weighted by Gasteiger charge is -2.15. The molecule has 0 fully saturated rings. The second kappa shape index (κ2) is 8.69. The van der Waals surface area contributed by atoms with Crippen LogP contribution < -0.4 is 24.3 Å². The van der Waals surface area contributed by atoms with Gasteiger partial charge in [0.15, 0.2) is 18.1 Å². The van der Waals surface area contributed by atoms with Gasteiger partial charge in [-0.1, -0.05) is 23.2 Å². The van der Waals surface area contributed by atoms with E-state index < -0.39 is 0 Å². The Balaban J connectivity index is 2.07. The summed E-state index contributed by atoms with van der Waals surface area (Å²) >= 11 is 11.8. The Morgan fingerprint density at radius 2 is 1.60 bits per heavy atom. The van der Waals surface area contributed by atoms with Crippen molar-refractivity contribution < 1.29 is 23.7 Å². The maximum absolute atomic E-state index is 12.1. The predicted octanol–water partition coefficient (Wildman–Crippen LogP) is 4.04. The van der Waals surface area contributed by atoms with E-state index in [9.17, 15) is 4.79 Å². The molecule has 1 N–H and O–H groups in total. The van der Waals surface area contributed by atoms with Crippen LogP contribution in [0.2, 0.25) is 10.0 Å². The first-order valence-electron chi connectivity index (χ1n) is 7.16. The Morgan fingerprint density at radius 3 is 2.12 bits per heavy atom. The van der Waals surface area contributed by atoms with E-state index >= 15 is 0 Å². The smallest absolute Gasteiger partial charge is 0.262 e. The molecule has 0 aliphatic heterocycles. The van der Waals surface area contributed by atoms with Gasteiger partial charge in [-0.05, 0) is 18.2 Å². The lowest BCUT2D eigenvalue weighted by molar-refractivity contribution is -0.118. The van der Waals surface area contributed by atoms with Gasteiger partial charge in [0, 0.05) is 22.8 Å². The van der Waals surface area contributed by atoms with Crippen molar-refractivity contribution in [2.75, 3.05) is 33.3 Å². The third kappa shape index (κ3) is 4.84. The molecule has 1 amide bonds.